The number of aliphatic hydroxyl groups is 1. The Balaban J connectivity index is 2.95. The van der Waals surface area contributed by atoms with E-state index in [2.05, 4.69) is 0 Å². The van der Waals surface area contributed by atoms with Gasteiger partial charge in [0.2, 0.25) is 0 Å². The summed E-state index contributed by atoms with van der Waals surface area (Å²) in [5.41, 5.74) is 6.10. The lowest BCUT2D eigenvalue weighted by molar-refractivity contribution is 0.196. The lowest BCUT2D eigenvalue weighted by Crippen LogP contribution is -2.15. The SMILES string of the molecule is CCOc1cc(SC(C)C(C)O)c(N)cc1F. The van der Waals surface area contributed by atoms with Gasteiger partial charge in [-0.1, -0.05) is 6.92 Å². The molecule has 96 valence electrons. The van der Waals surface area contributed by atoms with E-state index >= 15 is 0 Å². The molecule has 0 amide bonds. The Bertz CT molecular complexity index is 385. The van der Waals surface area contributed by atoms with Crippen molar-refractivity contribution >= 4 is 17.4 Å². The summed E-state index contributed by atoms with van der Waals surface area (Å²) in [5, 5.41) is 9.42. The van der Waals surface area contributed by atoms with Gasteiger partial charge in [0.25, 0.3) is 0 Å². The van der Waals surface area contributed by atoms with Crippen molar-refractivity contribution in [3.05, 3.63) is 17.9 Å². The molecule has 17 heavy (non-hydrogen) atoms. The molecule has 0 spiro atoms. The van der Waals surface area contributed by atoms with Gasteiger partial charge in [-0.25, -0.2) is 4.39 Å². The minimum absolute atomic E-state index is 0.0164. The van der Waals surface area contributed by atoms with Gasteiger partial charge >= 0.3 is 0 Å². The molecular formula is C12H18FNO2S. The summed E-state index contributed by atoms with van der Waals surface area (Å²) in [6.07, 6.45) is -0.458. The molecule has 0 aromatic heterocycles. The Morgan fingerprint density at radius 2 is 2.12 bits per heavy atom. The Labute approximate surface area is 105 Å². The quantitative estimate of drug-likeness (QED) is 0.630. The molecule has 0 bridgehead atoms. The number of benzene rings is 1. The smallest absolute Gasteiger partial charge is 0.167 e. The van der Waals surface area contributed by atoms with E-state index in [1.54, 1.807) is 19.9 Å². The van der Waals surface area contributed by atoms with Crippen molar-refractivity contribution in [2.75, 3.05) is 12.3 Å². The average molecular weight is 259 g/mol. The fourth-order valence-corrected chi connectivity index (χ4v) is 2.18. The zero-order valence-corrected chi connectivity index (χ0v) is 11.1. The van der Waals surface area contributed by atoms with Crippen molar-refractivity contribution in [2.24, 2.45) is 0 Å². The summed E-state index contributed by atoms with van der Waals surface area (Å²) in [4.78, 5) is 0.725. The van der Waals surface area contributed by atoms with Crippen LogP contribution in [-0.4, -0.2) is 23.1 Å². The second-order valence-corrected chi connectivity index (χ2v) is 5.24. The van der Waals surface area contributed by atoms with Gasteiger partial charge in [0.05, 0.1) is 12.7 Å². The predicted octanol–water partition coefficient (Wildman–Crippen LogP) is 2.67. The molecule has 0 fully saturated rings. The molecule has 0 saturated carbocycles. The van der Waals surface area contributed by atoms with Crippen LogP contribution in [0.3, 0.4) is 0 Å². The van der Waals surface area contributed by atoms with Gasteiger partial charge in [-0.3, -0.25) is 0 Å². The molecule has 0 aliphatic carbocycles. The molecule has 0 aliphatic rings. The van der Waals surface area contributed by atoms with E-state index < -0.39 is 11.9 Å². The van der Waals surface area contributed by atoms with Gasteiger partial charge in [-0.2, -0.15) is 0 Å². The van der Waals surface area contributed by atoms with Crippen molar-refractivity contribution in [3.63, 3.8) is 0 Å². The number of thioether (sulfide) groups is 1. The molecule has 0 aliphatic heterocycles. The van der Waals surface area contributed by atoms with Gasteiger partial charge < -0.3 is 15.6 Å². The molecule has 2 unspecified atom stereocenters. The first-order valence-corrected chi connectivity index (χ1v) is 6.40. The minimum Gasteiger partial charge on any atom is -0.491 e. The van der Waals surface area contributed by atoms with Crippen LogP contribution in [0.2, 0.25) is 0 Å². The third kappa shape index (κ3) is 3.78. The molecule has 1 aromatic rings. The van der Waals surface area contributed by atoms with Crippen molar-refractivity contribution < 1.29 is 14.2 Å². The zero-order chi connectivity index (χ0) is 13.0. The van der Waals surface area contributed by atoms with E-state index in [9.17, 15) is 9.50 Å². The van der Waals surface area contributed by atoms with E-state index in [-0.39, 0.29) is 11.0 Å². The fraction of sp³-hybridized carbons (Fsp3) is 0.500. The summed E-state index contributed by atoms with van der Waals surface area (Å²) < 4.78 is 18.6. The number of aliphatic hydroxyl groups excluding tert-OH is 1. The van der Waals surface area contributed by atoms with Crippen LogP contribution in [0.4, 0.5) is 10.1 Å². The normalized spacial score (nSPS) is 14.4. The molecule has 1 rings (SSSR count). The van der Waals surface area contributed by atoms with Crippen LogP contribution >= 0.6 is 11.8 Å². The summed E-state index contributed by atoms with van der Waals surface area (Å²) in [6.45, 7) is 5.79. The van der Waals surface area contributed by atoms with E-state index in [0.29, 0.717) is 12.3 Å². The van der Waals surface area contributed by atoms with Gasteiger partial charge in [0.15, 0.2) is 11.6 Å². The van der Waals surface area contributed by atoms with Crippen LogP contribution in [0, 0.1) is 5.82 Å². The molecule has 3 N–H and O–H groups in total. The number of nitrogen functional groups attached to an aromatic ring is 1. The van der Waals surface area contributed by atoms with E-state index in [1.807, 2.05) is 6.92 Å². The minimum atomic E-state index is -0.460. The summed E-state index contributed by atoms with van der Waals surface area (Å²) in [7, 11) is 0. The number of hydrogen-bond donors (Lipinski definition) is 2. The first-order chi connectivity index (χ1) is 7.95. The van der Waals surface area contributed by atoms with Crippen LogP contribution in [0.25, 0.3) is 0 Å². The Morgan fingerprint density at radius 1 is 1.47 bits per heavy atom. The highest BCUT2D eigenvalue weighted by atomic mass is 32.2. The van der Waals surface area contributed by atoms with Gasteiger partial charge in [-0.05, 0) is 19.9 Å². The molecule has 0 radical (unpaired) electrons. The number of nitrogens with two attached hydrogens (primary N) is 1. The monoisotopic (exact) mass is 259 g/mol. The maximum atomic E-state index is 13.4. The lowest BCUT2D eigenvalue weighted by atomic mass is 10.3. The van der Waals surface area contributed by atoms with Crippen LogP contribution in [-0.2, 0) is 0 Å². The van der Waals surface area contributed by atoms with Crippen molar-refractivity contribution in [3.8, 4) is 5.75 Å². The Morgan fingerprint density at radius 3 is 2.65 bits per heavy atom. The van der Waals surface area contributed by atoms with E-state index in [0.717, 1.165) is 4.90 Å². The maximum absolute atomic E-state index is 13.4. The summed E-state index contributed by atoms with van der Waals surface area (Å²) in [5.74, 6) is -0.264. The van der Waals surface area contributed by atoms with Gasteiger partial charge in [-0.15, -0.1) is 11.8 Å². The highest BCUT2D eigenvalue weighted by Gasteiger charge is 2.15. The summed E-state index contributed by atoms with van der Waals surface area (Å²) in [6, 6.07) is 2.83. The fourth-order valence-electron chi connectivity index (χ4n) is 1.22. The number of rotatable bonds is 5. The summed E-state index contributed by atoms with van der Waals surface area (Å²) >= 11 is 1.41. The molecule has 0 heterocycles. The van der Waals surface area contributed by atoms with Crippen LogP contribution in [0.15, 0.2) is 17.0 Å². The zero-order valence-electron chi connectivity index (χ0n) is 10.2. The standard InChI is InChI=1S/C12H18FNO2S/c1-4-16-11-6-12(10(14)5-9(11)13)17-8(3)7(2)15/h5-8,15H,4,14H2,1-3H3. The van der Waals surface area contributed by atoms with Crippen molar-refractivity contribution in [1.82, 2.24) is 0 Å². The number of halogens is 1. The average Bonchev–Trinajstić information content (AvgIpc) is 2.24. The first kappa shape index (κ1) is 14.1. The molecular weight excluding hydrogens is 241 g/mol. The van der Waals surface area contributed by atoms with Crippen LogP contribution < -0.4 is 10.5 Å². The Hall–Kier alpha value is -0.940. The second-order valence-electron chi connectivity index (χ2n) is 3.82. The Kier molecular flexibility index (Phi) is 5.08. The first-order valence-electron chi connectivity index (χ1n) is 5.52. The van der Waals surface area contributed by atoms with Crippen LogP contribution in [0.5, 0.6) is 5.75 Å². The van der Waals surface area contributed by atoms with E-state index in [4.69, 9.17) is 10.5 Å². The van der Waals surface area contributed by atoms with Crippen molar-refractivity contribution in [2.45, 2.75) is 37.0 Å². The molecule has 0 saturated heterocycles. The van der Waals surface area contributed by atoms with Gasteiger partial charge in [0.1, 0.15) is 0 Å². The molecule has 2 atom stereocenters. The maximum Gasteiger partial charge on any atom is 0.167 e. The number of anilines is 1. The number of hydrogen-bond acceptors (Lipinski definition) is 4. The molecule has 5 heteroatoms. The number of ether oxygens (including phenoxy) is 1. The van der Waals surface area contributed by atoms with Crippen molar-refractivity contribution in [1.29, 1.82) is 0 Å². The lowest BCUT2D eigenvalue weighted by Gasteiger charge is -2.16. The highest BCUT2D eigenvalue weighted by molar-refractivity contribution is 8.00. The molecule has 3 nitrogen and oxygen atoms in total. The van der Waals surface area contributed by atoms with Crippen LogP contribution in [0.1, 0.15) is 20.8 Å². The third-order valence-electron chi connectivity index (χ3n) is 2.36. The highest BCUT2D eigenvalue weighted by Crippen LogP contribution is 2.34. The van der Waals surface area contributed by atoms with Gasteiger partial charge in [0, 0.05) is 21.9 Å². The van der Waals surface area contributed by atoms with E-state index in [1.165, 1.54) is 17.8 Å². The third-order valence-corrected chi connectivity index (χ3v) is 3.73. The largest absolute Gasteiger partial charge is 0.491 e. The topological polar surface area (TPSA) is 55.5 Å². The second kappa shape index (κ2) is 6.12. The molecule has 1 aromatic carbocycles. The predicted molar refractivity (Wildman–Crippen MR) is 69.0 cm³/mol.